The van der Waals surface area contributed by atoms with Gasteiger partial charge in [0, 0.05) is 23.7 Å². The van der Waals surface area contributed by atoms with Gasteiger partial charge in [-0.25, -0.2) is 14.8 Å². The van der Waals surface area contributed by atoms with Crippen molar-refractivity contribution in [3.05, 3.63) is 18.1 Å². The minimum Gasteiger partial charge on any atom is -0.476 e. The molecule has 5 nitrogen and oxygen atoms in total. The molecule has 1 heterocycles. The minimum atomic E-state index is -1.07. The molecule has 0 aliphatic rings. The number of nitrogens with one attached hydrogen (secondary N) is 1. The Morgan fingerprint density at radius 1 is 1.50 bits per heavy atom. The third-order valence-electron chi connectivity index (χ3n) is 2.13. The van der Waals surface area contributed by atoms with E-state index in [1.54, 1.807) is 11.8 Å². The van der Waals surface area contributed by atoms with Gasteiger partial charge in [0.1, 0.15) is 0 Å². The number of carboxylic acids is 1. The van der Waals surface area contributed by atoms with Crippen LogP contribution in [0.25, 0.3) is 0 Å². The van der Waals surface area contributed by atoms with E-state index in [4.69, 9.17) is 5.11 Å². The summed E-state index contributed by atoms with van der Waals surface area (Å²) in [5.74, 6) is -0.755. The molecule has 0 saturated carbocycles. The van der Waals surface area contributed by atoms with Crippen molar-refractivity contribution in [3.63, 3.8) is 0 Å². The Morgan fingerprint density at radius 3 is 2.69 bits per heavy atom. The molecule has 0 bridgehead atoms. The zero-order chi connectivity index (χ0) is 12.2. The summed E-state index contributed by atoms with van der Waals surface area (Å²) < 4.78 is 0.0211. The summed E-state index contributed by atoms with van der Waals surface area (Å²) in [6, 6.07) is 0. The fourth-order valence-electron chi connectivity index (χ4n) is 0.993. The highest BCUT2D eigenvalue weighted by atomic mass is 32.2. The first-order valence-electron chi connectivity index (χ1n) is 4.79. The fourth-order valence-corrected chi connectivity index (χ4v) is 1.21. The average Bonchev–Trinajstić information content (AvgIpc) is 2.27. The van der Waals surface area contributed by atoms with E-state index < -0.39 is 5.97 Å². The van der Waals surface area contributed by atoms with E-state index >= 15 is 0 Å². The lowest BCUT2D eigenvalue weighted by atomic mass is 10.2. The molecular weight excluding hydrogens is 226 g/mol. The number of rotatable bonds is 5. The van der Waals surface area contributed by atoms with Gasteiger partial charge in [0.15, 0.2) is 11.5 Å². The highest BCUT2D eigenvalue weighted by molar-refractivity contribution is 7.99. The van der Waals surface area contributed by atoms with Crippen molar-refractivity contribution < 1.29 is 9.90 Å². The maximum absolute atomic E-state index is 10.9. The number of nitrogens with zero attached hydrogens (tertiary/aromatic N) is 2. The Kier molecular flexibility index (Phi) is 4.12. The van der Waals surface area contributed by atoms with Gasteiger partial charge >= 0.3 is 5.97 Å². The minimum absolute atomic E-state index is 0.0211. The van der Waals surface area contributed by atoms with Crippen molar-refractivity contribution in [3.8, 4) is 0 Å². The molecule has 1 rings (SSSR count). The van der Waals surface area contributed by atoms with Crippen molar-refractivity contribution in [1.29, 1.82) is 0 Å². The second-order valence-electron chi connectivity index (χ2n) is 3.88. The van der Waals surface area contributed by atoms with Gasteiger partial charge in [-0.3, -0.25) is 0 Å². The third kappa shape index (κ3) is 3.37. The first-order valence-corrected chi connectivity index (χ1v) is 6.02. The largest absolute Gasteiger partial charge is 0.476 e. The molecule has 0 amide bonds. The summed E-state index contributed by atoms with van der Waals surface area (Å²) >= 11 is 1.70. The molecule has 0 aliphatic carbocycles. The molecule has 0 fully saturated rings. The molecule has 88 valence electrons. The SMILES string of the molecule is CSC(C)(C)CNc1nccnc1C(=O)O. The molecule has 0 radical (unpaired) electrons. The van der Waals surface area contributed by atoms with Crippen LogP contribution in [0.4, 0.5) is 5.82 Å². The smallest absolute Gasteiger partial charge is 0.358 e. The second-order valence-corrected chi connectivity index (χ2v) is 5.39. The number of hydrogen-bond acceptors (Lipinski definition) is 5. The summed E-state index contributed by atoms with van der Waals surface area (Å²) in [4.78, 5) is 18.6. The highest BCUT2D eigenvalue weighted by Crippen LogP contribution is 2.21. The number of anilines is 1. The number of hydrogen-bond donors (Lipinski definition) is 2. The van der Waals surface area contributed by atoms with Crippen LogP contribution < -0.4 is 5.32 Å². The molecule has 2 N–H and O–H groups in total. The maximum Gasteiger partial charge on any atom is 0.358 e. The van der Waals surface area contributed by atoms with Gasteiger partial charge in [0.25, 0.3) is 0 Å². The quantitative estimate of drug-likeness (QED) is 0.817. The van der Waals surface area contributed by atoms with Crippen LogP contribution in [0.15, 0.2) is 12.4 Å². The molecule has 1 aromatic rings. The Labute approximate surface area is 98.7 Å². The zero-order valence-corrected chi connectivity index (χ0v) is 10.3. The van der Waals surface area contributed by atoms with Crippen LogP contribution in [0.1, 0.15) is 24.3 Å². The summed E-state index contributed by atoms with van der Waals surface area (Å²) in [6.07, 6.45) is 4.85. The third-order valence-corrected chi connectivity index (χ3v) is 3.38. The van der Waals surface area contributed by atoms with E-state index in [9.17, 15) is 4.79 Å². The van der Waals surface area contributed by atoms with Gasteiger partial charge in [0.2, 0.25) is 0 Å². The van der Waals surface area contributed by atoms with Gasteiger partial charge in [0.05, 0.1) is 0 Å². The predicted molar refractivity (Wildman–Crippen MR) is 65.1 cm³/mol. The van der Waals surface area contributed by atoms with Gasteiger partial charge < -0.3 is 10.4 Å². The summed E-state index contributed by atoms with van der Waals surface area (Å²) in [7, 11) is 0. The van der Waals surface area contributed by atoms with Crippen LogP contribution in [0.2, 0.25) is 0 Å². The van der Waals surface area contributed by atoms with E-state index in [1.807, 2.05) is 6.26 Å². The van der Waals surface area contributed by atoms with Gasteiger partial charge in [-0.15, -0.1) is 0 Å². The lowest BCUT2D eigenvalue weighted by Gasteiger charge is -2.22. The van der Waals surface area contributed by atoms with Gasteiger partial charge in [-0.2, -0.15) is 11.8 Å². The number of carbonyl (C=O) groups is 1. The summed E-state index contributed by atoms with van der Waals surface area (Å²) in [5.41, 5.74) is -0.0422. The summed E-state index contributed by atoms with van der Waals surface area (Å²) in [5, 5.41) is 11.9. The monoisotopic (exact) mass is 241 g/mol. The van der Waals surface area contributed by atoms with Crippen LogP contribution in [-0.4, -0.2) is 38.6 Å². The van der Waals surface area contributed by atoms with Crippen LogP contribution in [-0.2, 0) is 0 Å². The lowest BCUT2D eigenvalue weighted by molar-refractivity contribution is 0.0691. The summed E-state index contributed by atoms with van der Waals surface area (Å²) in [6.45, 7) is 4.77. The number of thioether (sulfide) groups is 1. The Balaban J connectivity index is 2.78. The van der Waals surface area contributed by atoms with E-state index in [0.29, 0.717) is 12.4 Å². The molecule has 0 unspecified atom stereocenters. The number of carboxylic acid groups (broad SMARTS) is 1. The highest BCUT2D eigenvalue weighted by Gasteiger charge is 2.18. The lowest BCUT2D eigenvalue weighted by Crippen LogP contribution is -2.27. The predicted octanol–water partition coefficient (Wildman–Crippen LogP) is 1.73. The van der Waals surface area contributed by atoms with Gasteiger partial charge in [-0.05, 0) is 20.1 Å². The van der Waals surface area contributed by atoms with Crippen molar-refractivity contribution in [2.45, 2.75) is 18.6 Å². The van der Waals surface area contributed by atoms with E-state index in [2.05, 4.69) is 29.1 Å². The van der Waals surface area contributed by atoms with E-state index in [0.717, 1.165) is 0 Å². The Hall–Kier alpha value is -1.30. The topological polar surface area (TPSA) is 75.1 Å². The maximum atomic E-state index is 10.9. The Bertz CT molecular complexity index is 382. The molecule has 0 aliphatic heterocycles. The molecule has 16 heavy (non-hydrogen) atoms. The second kappa shape index (κ2) is 5.16. The fraction of sp³-hybridized carbons (Fsp3) is 0.500. The van der Waals surface area contributed by atoms with Crippen molar-refractivity contribution in [2.24, 2.45) is 0 Å². The van der Waals surface area contributed by atoms with Crippen molar-refractivity contribution in [2.75, 3.05) is 18.1 Å². The normalized spacial score (nSPS) is 11.2. The standard InChI is InChI=1S/C10H15N3O2S/c1-10(2,16-3)6-13-8-7(9(14)15)11-4-5-12-8/h4-5H,6H2,1-3H3,(H,12,13)(H,14,15). The first kappa shape index (κ1) is 12.8. The van der Waals surface area contributed by atoms with Crippen LogP contribution in [0.5, 0.6) is 0 Å². The first-order chi connectivity index (χ1) is 7.46. The van der Waals surface area contributed by atoms with E-state index in [1.165, 1.54) is 12.4 Å². The molecule has 1 aromatic heterocycles. The molecule has 0 atom stereocenters. The Morgan fingerprint density at radius 2 is 2.12 bits per heavy atom. The zero-order valence-electron chi connectivity index (χ0n) is 9.52. The van der Waals surface area contributed by atoms with Crippen LogP contribution in [0.3, 0.4) is 0 Å². The molecular formula is C10H15N3O2S. The van der Waals surface area contributed by atoms with Crippen molar-refractivity contribution in [1.82, 2.24) is 9.97 Å². The van der Waals surface area contributed by atoms with Crippen LogP contribution in [0, 0.1) is 0 Å². The average molecular weight is 241 g/mol. The van der Waals surface area contributed by atoms with Crippen molar-refractivity contribution >= 4 is 23.5 Å². The number of aromatic nitrogens is 2. The van der Waals surface area contributed by atoms with Gasteiger partial charge in [-0.1, -0.05) is 0 Å². The molecule has 6 heteroatoms. The molecule has 0 aromatic carbocycles. The number of aromatic carboxylic acids is 1. The molecule has 0 spiro atoms. The van der Waals surface area contributed by atoms with Crippen LogP contribution >= 0.6 is 11.8 Å². The van der Waals surface area contributed by atoms with E-state index in [-0.39, 0.29) is 10.4 Å². The molecule has 0 saturated heterocycles.